The van der Waals surface area contributed by atoms with E-state index in [9.17, 15) is 19.2 Å². The van der Waals surface area contributed by atoms with Crippen LogP contribution in [-0.4, -0.2) is 77.4 Å². The van der Waals surface area contributed by atoms with Crippen molar-refractivity contribution >= 4 is 22.8 Å². The van der Waals surface area contributed by atoms with Gasteiger partial charge in [0, 0.05) is 30.3 Å². The molecular formula is C38H64N6O6S. The first kappa shape index (κ1) is 42.4. The molecule has 51 heavy (non-hydrogen) atoms. The summed E-state index contributed by atoms with van der Waals surface area (Å²) in [7, 11) is 0. The quantitative estimate of drug-likeness (QED) is 0.0884. The van der Waals surface area contributed by atoms with Crippen molar-refractivity contribution in [2.45, 2.75) is 144 Å². The maximum absolute atomic E-state index is 13.8. The van der Waals surface area contributed by atoms with Gasteiger partial charge in [-0.1, -0.05) is 100 Å². The number of amides is 1. The maximum atomic E-state index is 13.8. The third kappa shape index (κ3) is 12.6. The topological polar surface area (TPSA) is 154 Å². The van der Waals surface area contributed by atoms with Crippen molar-refractivity contribution in [2.24, 2.45) is 5.41 Å². The van der Waals surface area contributed by atoms with Gasteiger partial charge in [0.25, 0.3) is 17.2 Å². The van der Waals surface area contributed by atoms with Gasteiger partial charge < -0.3 is 24.0 Å². The van der Waals surface area contributed by atoms with Crippen LogP contribution >= 0.6 is 0 Å². The van der Waals surface area contributed by atoms with Crippen LogP contribution in [0, 0.1) is 5.41 Å². The number of fused-ring (bicyclic) bond motifs is 1. The van der Waals surface area contributed by atoms with Gasteiger partial charge in [0.1, 0.15) is 0 Å². The van der Waals surface area contributed by atoms with E-state index < -0.39 is 23.4 Å². The summed E-state index contributed by atoms with van der Waals surface area (Å²) in [5, 5.41) is 31.3. The van der Waals surface area contributed by atoms with Gasteiger partial charge in [-0.15, -0.1) is 10.2 Å². The molecule has 3 unspecified atom stereocenters. The lowest BCUT2D eigenvalue weighted by Crippen LogP contribution is -2.44. The molecule has 13 heteroatoms. The van der Waals surface area contributed by atoms with E-state index >= 15 is 0 Å². The summed E-state index contributed by atoms with van der Waals surface area (Å²) < 4.78 is 31.1. The Morgan fingerprint density at radius 2 is 1.61 bits per heavy atom. The first-order valence-electron chi connectivity index (χ1n) is 18.5. The predicted octanol–water partition coefficient (Wildman–Crippen LogP) is 6.69. The zero-order valence-corrected chi connectivity index (χ0v) is 33.5. The van der Waals surface area contributed by atoms with Crippen molar-refractivity contribution < 1.29 is 28.1 Å². The number of aromatic amines is 1. The normalized spacial score (nSPS) is 14.4. The van der Waals surface area contributed by atoms with Crippen molar-refractivity contribution in [3.05, 3.63) is 41.3 Å². The number of hydrogen-bond donors (Lipinski definition) is 4. The number of H-pyrrole nitrogens is 1. The van der Waals surface area contributed by atoms with Gasteiger partial charge in [-0.2, -0.15) is 8.93 Å². The molecule has 2 heterocycles. The summed E-state index contributed by atoms with van der Waals surface area (Å²) in [5.74, 6) is 0.755. The molecule has 0 aliphatic heterocycles. The number of hydrogen-bond acceptors (Lipinski definition) is 8. The van der Waals surface area contributed by atoms with Crippen molar-refractivity contribution in [3.63, 3.8) is 0 Å². The van der Waals surface area contributed by atoms with Gasteiger partial charge in [0.15, 0.2) is 29.1 Å². The van der Waals surface area contributed by atoms with Crippen molar-refractivity contribution in [1.82, 2.24) is 29.4 Å². The molecule has 1 amide bonds. The van der Waals surface area contributed by atoms with E-state index in [1.807, 2.05) is 25.1 Å². The molecular weight excluding hydrogens is 669 g/mol. The number of nitrogens with zero attached hydrogens (tertiary/aromatic N) is 4. The van der Waals surface area contributed by atoms with Crippen LogP contribution in [0.4, 0.5) is 0 Å². The minimum atomic E-state index is -2.04. The van der Waals surface area contributed by atoms with Crippen LogP contribution in [0.1, 0.15) is 144 Å². The van der Waals surface area contributed by atoms with Crippen molar-refractivity contribution in [3.8, 4) is 11.5 Å². The lowest BCUT2D eigenvalue weighted by Gasteiger charge is -2.33. The number of aliphatic hydroxyl groups excluding tert-OH is 2. The number of aromatic nitrogens is 4. The summed E-state index contributed by atoms with van der Waals surface area (Å²) in [6, 6.07) is 7.06. The molecule has 0 spiro atoms. The summed E-state index contributed by atoms with van der Waals surface area (Å²) in [6.45, 7) is 21.0. The van der Waals surface area contributed by atoms with Crippen LogP contribution in [0.15, 0.2) is 24.3 Å². The Kier molecular flexibility index (Phi) is 15.5. The van der Waals surface area contributed by atoms with Crippen LogP contribution in [0.3, 0.4) is 0 Å². The molecule has 3 aromatic rings. The van der Waals surface area contributed by atoms with E-state index in [0.717, 1.165) is 49.8 Å². The highest BCUT2D eigenvalue weighted by atomic mass is 32.2. The van der Waals surface area contributed by atoms with Gasteiger partial charge in [-0.05, 0) is 54.7 Å². The van der Waals surface area contributed by atoms with Crippen LogP contribution in [0.2, 0.25) is 0 Å². The fraction of sp³-hybridized carbons (Fsp3) is 0.711. The average molecular weight is 733 g/mol. The first-order chi connectivity index (χ1) is 23.9. The van der Waals surface area contributed by atoms with Crippen LogP contribution in [-0.2, 0) is 26.9 Å². The summed E-state index contributed by atoms with van der Waals surface area (Å²) in [5.41, 5.74) is 2.31. The van der Waals surface area contributed by atoms with Gasteiger partial charge >= 0.3 is 0 Å². The number of benzene rings is 1. The number of nitrogens with one attached hydrogen (secondary N) is 2. The van der Waals surface area contributed by atoms with Gasteiger partial charge in [-0.3, -0.25) is 9.89 Å². The molecule has 3 rings (SSSR count). The number of unbranched alkanes of at least 4 members (excludes halogenated alkanes) is 5. The molecule has 1 aromatic carbocycles. The second-order valence-corrected chi connectivity index (χ2v) is 17.4. The minimum absolute atomic E-state index is 0.0469. The van der Waals surface area contributed by atoms with Gasteiger partial charge in [-0.25, -0.2) is 4.52 Å². The summed E-state index contributed by atoms with van der Waals surface area (Å²) in [4.78, 5) is 15.2. The molecule has 0 aliphatic rings. The predicted molar refractivity (Wildman–Crippen MR) is 203 cm³/mol. The molecule has 4 N–H and O–H groups in total. The molecule has 288 valence electrons. The fourth-order valence-corrected chi connectivity index (χ4v) is 7.29. The van der Waals surface area contributed by atoms with E-state index in [1.165, 1.54) is 11.3 Å². The average Bonchev–Trinajstić information content (AvgIpc) is 3.63. The Labute approximate surface area is 307 Å². The molecule has 0 saturated heterocycles. The largest absolute Gasteiger partial charge is 0.477 e. The molecule has 0 bridgehead atoms. The Bertz CT molecular complexity index is 1550. The SMILES string of the molecule is CCCCCCCCC(Oc1ccc(C(C)(C)CC(C)(C)C)cc1OS(=O)NC(C)c1nnc2cc(C(C)(C)C)[nH]n12)C(=O)N(CCO)CCO. The maximum Gasteiger partial charge on any atom is 0.288 e. The summed E-state index contributed by atoms with van der Waals surface area (Å²) >= 11 is -2.04. The van der Waals surface area contributed by atoms with E-state index in [-0.39, 0.29) is 60.0 Å². The molecule has 0 radical (unpaired) electrons. The third-order valence-electron chi connectivity index (χ3n) is 8.97. The van der Waals surface area contributed by atoms with Crippen LogP contribution < -0.4 is 13.6 Å². The standard InChI is InChI=1S/C38H64N6O6S/c1-11-12-13-14-15-16-17-30(35(47)43(20-22-45)21-23-46)49-29-19-18-28(38(9,10)26-36(3,4)5)24-31(29)50-51(48)42-27(2)34-40-39-33-25-32(37(6,7)8)41-44(33)34/h18-19,24-25,27,30,41-42,45-46H,11-17,20-23,26H2,1-10H3. The lowest BCUT2D eigenvalue weighted by atomic mass is 9.72. The van der Waals surface area contributed by atoms with Crippen molar-refractivity contribution in [1.29, 1.82) is 0 Å². The van der Waals surface area contributed by atoms with Gasteiger partial charge in [0.05, 0.1) is 19.3 Å². The van der Waals surface area contributed by atoms with Crippen LogP contribution in [0.25, 0.3) is 5.65 Å². The molecule has 0 fully saturated rings. The van der Waals surface area contributed by atoms with E-state index in [4.69, 9.17) is 8.92 Å². The van der Waals surface area contributed by atoms with E-state index in [1.54, 1.807) is 10.6 Å². The van der Waals surface area contributed by atoms with E-state index in [2.05, 4.69) is 82.3 Å². The van der Waals surface area contributed by atoms with Crippen molar-refractivity contribution in [2.75, 3.05) is 26.3 Å². The second kappa shape index (κ2) is 18.7. The Balaban J connectivity index is 1.94. The van der Waals surface area contributed by atoms with Gasteiger partial charge in [0.2, 0.25) is 0 Å². The minimum Gasteiger partial charge on any atom is -0.477 e. The molecule has 0 aliphatic carbocycles. The number of ether oxygens (including phenoxy) is 1. The highest BCUT2D eigenvalue weighted by Gasteiger charge is 2.31. The lowest BCUT2D eigenvalue weighted by molar-refractivity contribution is -0.140. The van der Waals surface area contributed by atoms with Crippen LogP contribution in [0.5, 0.6) is 11.5 Å². The highest BCUT2D eigenvalue weighted by Crippen LogP contribution is 2.40. The van der Waals surface area contributed by atoms with E-state index in [0.29, 0.717) is 17.9 Å². The first-order valence-corrected chi connectivity index (χ1v) is 19.6. The molecule has 0 saturated carbocycles. The monoisotopic (exact) mass is 732 g/mol. The Hall–Kier alpha value is -3.00. The third-order valence-corrected chi connectivity index (χ3v) is 9.84. The summed E-state index contributed by atoms with van der Waals surface area (Å²) in [6.07, 6.45) is 6.69. The fourth-order valence-electron chi connectivity index (χ4n) is 6.56. The molecule has 2 aromatic heterocycles. The smallest absolute Gasteiger partial charge is 0.288 e. The number of rotatable bonds is 21. The number of carbonyl (C=O) groups excluding carboxylic acids is 1. The second-order valence-electron chi connectivity index (χ2n) is 16.5. The Morgan fingerprint density at radius 3 is 2.22 bits per heavy atom. The number of carbonyl (C=O) groups is 1. The zero-order chi connectivity index (χ0) is 38.0. The molecule has 3 atom stereocenters. The zero-order valence-electron chi connectivity index (χ0n) is 32.7. The number of aliphatic hydroxyl groups is 2. The molecule has 12 nitrogen and oxygen atoms in total. The highest BCUT2D eigenvalue weighted by molar-refractivity contribution is 7.78. The Morgan fingerprint density at radius 1 is 0.961 bits per heavy atom.